The summed E-state index contributed by atoms with van der Waals surface area (Å²) >= 11 is 0. The van der Waals surface area contributed by atoms with Crippen molar-refractivity contribution in [2.75, 3.05) is 26.7 Å². The zero-order valence-electron chi connectivity index (χ0n) is 10.2. The molecule has 2 aliphatic rings. The van der Waals surface area contributed by atoms with Gasteiger partial charge in [-0.05, 0) is 26.8 Å². The zero-order chi connectivity index (χ0) is 12.5. The van der Waals surface area contributed by atoms with E-state index < -0.39 is 5.54 Å². The normalized spacial score (nSPS) is 23.5. The quantitative estimate of drug-likeness (QED) is 0.515. The predicted octanol–water partition coefficient (Wildman–Crippen LogP) is 0.0259. The summed E-state index contributed by atoms with van der Waals surface area (Å²) < 4.78 is 0. The first-order valence-electron chi connectivity index (χ1n) is 5.81. The summed E-state index contributed by atoms with van der Waals surface area (Å²) in [5.74, 6) is 5.35. The van der Waals surface area contributed by atoms with E-state index in [9.17, 15) is 9.59 Å². The molecule has 2 fully saturated rings. The fourth-order valence-electron chi connectivity index (χ4n) is 2.32. The van der Waals surface area contributed by atoms with E-state index in [0.29, 0.717) is 12.8 Å². The van der Waals surface area contributed by atoms with Crippen molar-refractivity contribution in [1.29, 1.82) is 0 Å². The number of carbonyl (C=O) groups excluding carboxylic acids is 2. The van der Waals surface area contributed by atoms with Gasteiger partial charge in [0.15, 0.2) is 0 Å². The van der Waals surface area contributed by atoms with Crippen LogP contribution in [0.2, 0.25) is 0 Å². The van der Waals surface area contributed by atoms with E-state index in [1.807, 2.05) is 7.05 Å². The van der Waals surface area contributed by atoms with Gasteiger partial charge in [-0.2, -0.15) is 0 Å². The number of nitrogens with zero attached hydrogens (tertiary/aromatic N) is 2. The van der Waals surface area contributed by atoms with E-state index in [0.717, 1.165) is 13.1 Å². The molecule has 0 unspecified atom stereocenters. The lowest BCUT2D eigenvalue weighted by molar-refractivity contribution is -0.132. The molecule has 17 heavy (non-hydrogen) atoms. The van der Waals surface area contributed by atoms with Crippen LogP contribution in [0, 0.1) is 11.8 Å². The maximum absolute atomic E-state index is 12.3. The topological polar surface area (TPSA) is 52.7 Å². The van der Waals surface area contributed by atoms with Crippen molar-refractivity contribution in [3.05, 3.63) is 0 Å². The number of likely N-dealkylation sites (tertiary alicyclic amines) is 1. The molecule has 0 saturated carbocycles. The number of piperidine rings is 1. The maximum atomic E-state index is 12.3. The van der Waals surface area contributed by atoms with Gasteiger partial charge in [0.2, 0.25) is 0 Å². The Balaban J connectivity index is 2.14. The summed E-state index contributed by atoms with van der Waals surface area (Å²) in [6.07, 6.45) is 1.37. The van der Waals surface area contributed by atoms with Gasteiger partial charge in [-0.15, -0.1) is 5.92 Å². The molecule has 2 saturated heterocycles. The highest BCUT2D eigenvalue weighted by Gasteiger charge is 2.51. The zero-order valence-corrected chi connectivity index (χ0v) is 10.2. The molecule has 3 amide bonds. The Hall–Kier alpha value is -1.54. The lowest BCUT2D eigenvalue weighted by Crippen LogP contribution is -2.54. The molecule has 5 nitrogen and oxygen atoms in total. The third-order valence-corrected chi connectivity index (χ3v) is 3.50. The number of amides is 3. The summed E-state index contributed by atoms with van der Waals surface area (Å²) in [6, 6.07) is -0.303. The van der Waals surface area contributed by atoms with E-state index in [1.54, 1.807) is 6.92 Å². The Labute approximate surface area is 101 Å². The average Bonchev–Trinajstić information content (AvgIpc) is 2.54. The summed E-state index contributed by atoms with van der Waals surface area (Å²) in [5, 5.41) is 2.84. The van der Waals surface area contributed by atoms with Gasteiger partial charge in [-0.1, -0.05) is 5.92 Å². The van der Waals surface area contributed by atoms with Crippen LogP contribution < -0.4 is 5.32 Å². The number of carbonyl (C=O) groups is 2. The summed E-state index contributed by atoms with van der Waals surface area (Å²) in [7, 11) is 2.02. The van der Waals surface area contributed by atoms with Crippen molar-refractivity contribution in [2.24, 2.45) is 0 Å². The second-order valence-electron chi connectivity index (χ2n) is 4.63. The second kappa shape index (κ2) is 4.38. The number of rotatable bonds is 1. The number of nitrogens with one attached hydrogen (secondary N) is 1. The van der Waals surface area contributed by atoms with Crippen LogP contribution >= 0.6 is 0 Å². The van der Waals surface area contributed by atoms with Crippen LogP contribution in [-0.4, -0.2) is 54.0 Å². The molecule has 2 heterocycles. The SMILES string of the molecule is CC#CCN1C(=O)NC2(CCN(C)CC2)C1=O. The molecule has 0 aromatic heterocycles. The number of hydrogen-bond acceptors (Lipinski definition) is 3. The first kappa shape index (κ1) is 11.9. The van der Waals surface area contributed by atoms with Gasteiger partial charge in [-0.25, -0.2) is 4.79 Å². The van der Waals surface area contributed by atoms with Gasteiger partial charge in [0.25, 0.3) is 5.91 Å². The van der Waals surface area contributed by atoms with Crippen molar-refractivity contribution in [3.63, 3.8) is 0 Å². The summed E-state index contributed by atoms with van der Waals surface area (Å²) in [4.78, 5) is 27.4. The van der Waals surface area contributed by atoms with Gasteiger partial charge in [0, 0.05) is 13.1 Å². The van der Waals surface area contributed by atoms with Crippen molar-refractivity contribution in [2.45, 2.75) is 25.3 Å². The molecular weight excluding hydrogens is 218 g/mol. The molecule has 2 rings (SSSR count). The van der Waals surface area contributed by atoms with E-state index in [1.165, 1.54) is 4.90 Å². The van der Waals surface area contributed by atoms with Crippen LogP contribution in [0.5, 0.6) is 0 Å². The molecule has 5 heteroatoms. The Bertz CT molecular complexity index is 400. The molecule has 0 atom stereocenters. The average molecular weight is 235 g/mol. The molecule has 2 aliphatic heterocycles. The van der Waals surface area contributed by atoms with Crippen LogP contribution in [0.3, 0.4) is 0 Å². The second-order valence-corrected chi connectivity index (χ2v) is 4.63. The highest BCUT2D eigenvalue weighted by Crippen LogP contribution is 2.28. The van der Waals surface area contributed by atoms with Crippen molar-refractivity contribution < 1.29 is 9.59 Å². The van der Waals surface area contributed by atoms with E-state index in [2.05, 4.69) is 22.1 Å². The third-order valence-electron chi connectivity index (χ3n) is 3.50. The molecule has 0 radical (unpaired) electrons. The van der Waals surface area contributed by atoms with Crippen LogP contribution in [0.25, 0.3) is 0 Å². The number of urea groups is 1. The number of hydrogen-bond donors (Lipinski definition) is 1. The molecule has 1 spiro atoms. The van der Waals surface area contributed by atoms with Crippen LogP contribution in [0.15, 0.2) is 0 Å². The van der Waals surface area contributed by atoms with E-state index in [-0.39, 0.29) is 18.5 Å². The fraction of sp³-hybridized carbons (Fsp3) is 0.667. The summed E-state index contributed by atoms with van der Waals surface area (Å²) in [5.41, 5.74) is -0.668. The van der Waals surface area contributed by atoms with Crippen molar-refractivity contribution in [3.8, 4) is 11.8 Å². The molecule has 0 aliphatic carbocycles. The lowest BCUT2D eigenvalue weighted by Gasteiger charge is -2.35. The minimum absolute atomic E-state index is 0.113. The van der Waals surface area contributed by atoms with Gasteiger partial charge in [0.1, 0.15) is 5.54 Å². The van der Waals surface area contributed by atoms with E-state index >= 15 is 0 Å². The molecule has 1 N–H and O–H groups in total. The highest BCUT2D eigenvalue weighted by atomic mass is 16.2. The fourth-order valence-corrected chi connectivity index (χ4v) is 2.32. The molecule has 0 bridgehead atoms. The first-order valence-corrected chi connectivity index (χ1v) is 5.81. The van der Waals surface area contributed by atoms with Gasteiger partial charge in [-0.3, -0.25) is 9.69 Å². The predicted molar refractivity (Wildman–Crippen MR) is 63.2 cm³/mol. The Morgan fingerprint density at radius 3 is 2.59 bits per heavy atom. The van der Waals surface area contributed by atoms with Crippen LogP contribution in [0.1, 0.15) is 19.8 Å². The minimum Gasteiger partial charge on any atom is -0.323 e. The smallest absolute Gasteiger partial charge is 0.323 e. The largest absolute Gasteiger partial charge is 0.325 e. The van der Waals surface area contributed by atoms with Gasteiger partial charge < -0.3 is 10.2 Å². The molecule has 0 aromatic rings. The third kappa shape index (κ3) is 2.01. The molecule has 0 aromatic carbocycles. The van der Waals surface area contributed by atoms with Gasteiger partial charge in [0.05, 0.1) is 6.54 Å². The lowest BCUT2D eigenvalue weighted by atomic mass is 9.88. The van der Waals surface area contributed by atoms with Crippen LogP contribution in [-0.2, 0) is 4.79 Å². The number of imide groups is 1. The minimum atomic E-state index is -0.668. The first-order chi connectivity index (χ1) is 8.09. The van der Waals surface area contributed by atoms with Crippen molar-refractivity contribution >= 4 is 11.9 Å². The molecular formula is C12H17N3O2. The Morgan fingerprint density at radius 1 is 1.35 bits per heavy atom. The Morgan fingerprint density at radius 2 is 2.00 bits per heavy atom. The highest BCUT2D eigenvalue weighted by molar-refractivity contribution is 6.07. The summed E-state index contributed by atoms with van der Waals surface area (Å²) in [6.45, 7) is 3.56. The maximum Gasteiger partial charge on any atom is 0.325 e. The van der Waals surface area contributed by atoms with Gasteiger partial charge >= 0.3 is 6.03 Å². The monoisotopic (exact) mass is 235 g/mol. The standard InChI is InChI=1S/C12H17N3O2/c1-3-4-7-15-10(16)12(13-11(15)17)5-8-14(2)9-6-12/h5-9H2,1-2H3,(H,13,17). The molecule has 92 valence electrons. The van der Waals surface area contributed by atoms with E-state index in [4.69, 9.17) is 0 Å². The van der Waals surface area contributed by atoms with Crippen LogP contribution in [0.4, 0.5) is 4.79 Å². The van der Waals surface area contributed by atoms with Crippen molar-refractivity contribution in [1.82, 2.24) is 15.1 Å². The Kier molecular flexibility index (Phi) is 3.07.